The Bertz CT molecular complexity index is 955. The summed E-state index contributed by atoms with van der Waals surface area (Å²) in [5.41, 5.74) is 6.79. The summed E-state index contributed by atoms with van der Waals surface area (Å²) in [6.07, 6.45) is 1.41. The van der Waals surface area contributed by atoms with Gasteiger partial charge in [-0.15, -0.1) is 22.0 Å². The molecule has 1 aromatic carbocycles. The van der Waals surface area contributed by atoms with Crippen molar-refractivity contribution < 1.29 is 14.0 Å². The number of nitrogens with zero attached hydrogens (tertiary/aromatic N) is 3. The van der Waals surface area contributed by atoms with E-state index >= 15 is 0 Å². The first-order valence-corrected chi connectivity index (χ1v) is 10.4. The predicted octanol–water partition coefficient (Wildman–Crippen LogP) is 3.04. The van der Waals surface area contributed by atoms with E-state index in [1.165, 1.54) is 23.1 Å². The summed E-state index contributed by atoms with van der Waals surface area (Å²) >= 11 is 2.65. The third kappa shape index (κ3) is 5.64. The van der Waals surface area contributed by atoms with Gasteiger partial charge in [-0.2, -0.15) is 0 Å². The SMILES string of the molecule is Cc1nc(NC(=O)CCCc2nnc(-c3ccccc3)o2)sc1SCC(N)=O. The quantitative estimate of drug-likeness (QED) is 0.513. The van der Waals surface area contributed by atoms with Crippen LogP contribution >= 0.6 is 23.1 Å². The number of thioether (sulfide) groups is 1. The second-order valence-corrected chi connectivity index (χ2v) is 8.16. The number of hydrogen-bond donors (Lipinski definition) is 2. The van der Waals surface area contributed by atoms with Crippen LogP contribution in [0.4, 0.5) is 5.13 Å². The van der Waals surface area contributed by atoms with Gasteiger partial charge in [0, 0.05) is 18.4 Å². The van der Waals surface area contributed by atoms with Crippen LogP contribution in [0.25, 0.3) is 11.5 Å². The smallest absolute Gasteiger partial charge is 0.247 e. The van der Waals surface area contributed by atoms with Crippen molar-refractivity contribution in [3.05, 3.63) is 41.9 Å². The van der Waals surface area contributed by atoms with Gasteiger partial charge in [0.1, 0.15) is 0 Å². The topological polar surface area (TPSA) is 124 Å². The lowest BCUT2D eigenvalue weighted by molar-refractivity contribution is -0.116. The number of primary amides is 1. The lowest BCUT2D eigenvalue weighted by atomic mass is 10.2. The maximum atomic E-state index is 12.1. The number of nitrogens with one attached hydrogen (secondary N) is 1. The first kappa shape index (κ1) is 20.0. The van der Waals surface area contributed by atoms with Crippen LogP contribution in [0, 0.1) is 6.92 Å². The average molecular weight is 418 g/mol. The molecule has 0 aliphatic heterocycles. The highest BCUT2D eigenvalue weighted by molar-refractivity contribution is 8.01. The number of hydrogen-bond acceptors (Lipinski definition) is 8. The highest BCUT2D eigenvalue weighted by Gasteiger charge is 2.13. The van der Waals surface area contributed by atoms with Crippen molar-refractivity contribution in [2.75, 3.05) is 11.1 Å². The zero-order valence-electron chi connectivity index (χ0n) is 15.2. The molecule has 3 N–H and O–H groups in total. The third-order valence-electron chi connectivity index (χ3n) is 3.63. The van der Waals surface area contributed by atoms with Crippen LogP contribution in [0.2, 0.25) is 0 Å². The molecular weight excluding hydrogens is 398 g/mol. The van der Waals surface area contributed by atoms with Crippen molar-refractivity contribution in [1.82, 2.24) is 15.2 Å². The standard InChI is InChI=1S/C18H19N5O3S2/c1-11-17(27-10-13(19)24)28-18(20-11)21-14(25)8-5-9-15-22-23-16(26-15)12-6-3-2-4-7-12/h2-4,6-7H,5,8-10H2,1H3,(H2,19,24)(H,20,21,25). The molecule has 0 aliphatic carbocycles. The fraction of sp³-hybridized carbons (Fsp3) is 0.278. The van der Waals surface area contributed by atoms with Crippen LogP contribution in [0.15, 0.2) is 39.0 Å². The van der Waals surface area contributed by atoms with Crippen molar-refractivity contribution in [1.29, 1.82) is 0 Å². The zero-order valence-corrected chi connectivity index (χ0v) is 16.8. The molecule has 0 saturated heterocycles. The molecule has 10 heteroatoms. The number of thiazole rings is 1. The van der Waals surface area contributed by atoms with Crippen LogP contribution in [-0.2, 0) is 16.0 Å². The van der Waals surface area contributed by atoms with Crippen molar-refractivity contribution in [3.63, 3.8) is 0 Å². The second-order valence-electron chi connectivity index (χ2n) is 5.92. The molecular formula is C18H19N5O3S2. The summed E-state index contributed by atoms with van der Waals surface area (Å²) < 4.78 is 6.50. The number of rotatable bonds is 9. The largest absolute Gasteiger partial charge is 0.421 e. The normalized spacial score (nSPS) is 10.8. The first-order valence-electron chi connectivity index (χ1n) is 8.57. The van der Waals surface area contributed by atoms with Crippen molar-refractivity contribution in [2.24, 2.45) is 5.73 Å². The predicted molar refractivity (Wildman–Crippen MR) is 108 cm³/mol. The maximum absolute atomic E-state index is 12.1. The lowest BCUT2D eigenvalue weighted by Gasteiger charge is -2.00. The first-order chi connectivity index (χ1) is 13.5. The molecule has 2 amide bonds. The highest BCUT2D eigenvalue weighted by Crippen LogP contribution is 2.31. The second kappa shape index (κ2) is 9.47. The Kier molecular flexibility index (Phi) is 6.77. The molecule has 3 rings (SSSR count). The molecule has 28 heavy (non-hydrogen) atoms. The Morgan fingerprint density at radius 1 is 1.25 bits per heavy atom. The Balaban J connectivity index is 1.46. The zero-order chi connectivity index (χ0) is 19.9. The van der Waals surface area contributed by atoms with Gasteiger partial charge >= 0.3 is 0 Å². The Morgan fingerprint density at radius 3 is 2.79 bits per heavy atom. The minimum absolute atomic E-state index is 0.136. The summed E-state index contributed by atoms with van der Waals surface area (Å²) in [5.74, 6) is 0.634. The van der Waals surface area contributed by atoms with Crippen LogP contribution in [0.1, 0.15) is 24.4 Å². The number of carbonyl (C=O) groups excluding carboxylic acids is 2. The summed E-state index contributed by atoms with van der Waals surface area (Å²) in [6, 6.07) is 9.53. The molecule has 2 aromatic heterocycles. The average Bonchev–Trinajstić information content (AvgIpc) is 3.27. The van der Waals surface area contributed by atoms with E-state index in [-0.39, 0.29) is 17.6 Å². The minimum atomic E-state index is -0.389. The maximum Gasteiger partial charge on any atom is 0.247 e. The molecule has 3 aromatic rings. The van der Waals surface area contributed by atoms with Gasteiger partial charge in [0.05, 0.1) is 15.7 Å². The molecule has 0 radical (unpaired) electrons. The van der Waals surface area contributed by atoms with Gasteiger partial charge in [0.25, 0.3) is 0 Å². The van der Waals surface area contributed by atoms with Crippen LogP contribution < -0.4 is 11.1 Å². The lowest BCUT2D eigenvalue weighted by Crippen LogP contribution is -2.12. The van der Waals surface area contributed by atoms with E-state index in [9.17, 15) is 9.59 Å². The fourth-order valence-electron chi connectivity index (χ4n) is 2.34. The van der Waals surface area contributed by atoms with Gasteiger partial charge in [0.2, 0.25) is 23.6 Å². The van der Waals surface area contributed by atoms with E-state index < -0.39 is 0 Å². The molecule has 0 saturated carbocycles. The molecule has 0 fully saturated rings. The monoisotopic (exact) mass is 417 g/mol. The van der Waals surface area contributed by atoms with Gasteiger partial charge in [-0.1, -0.05) is 29.5 Å². The number of amides is 2. The number of benzene rings is 1. The van der Waals surface area contributed by atoms with E-state index in [0.29, 0.717) is 36.2 Å². The molecule has 8 nitrogen and oxygen atoms in total. The number of nitrogens with two attached hydrogens (primary N) is 1. The number of carbonyl (C=O) groups is 2. The van der Waals surface area contributed by atoms with Crippen molar-refractivity contribution >= 4 is 40.0 Å². The Morgan fingerprint density at radius 2 is 2.04 bits per heavy atom. The Hall–Kier alpha value is -2.72. The van der Waals surface area contributed by atoms with Gasteiger partial charge in [-0.05, 0) is 25.5 Å². The molecule has 2 heterocycles. The number of aryl methyl sites for hydroxylation is 2. The van der Waals surface area contributed by atoms with E-state index in [0.717, 1.165) is 15.5 Å². The minimum Gasteiger partial charge on any atom is -0.421 e. The van der Waals surface area contributed by atoms with E-state index in [1.54, 1.807) is 0 Å². The summed E-state index contributed by atoms with van der Waals surface area (Å²) in [6.45, 7) is 1.83. The van der Waals surface area contributed by atoms with Gasteiger partial charge in [-0.25, -0.2) is 4.98 Å². The fourth-order valence-corrected chi connectivity index (χ4v) is 4.23. The Labute approximate surface area is 169 Å². The third-order valence-corrected chi connectivity index (χ3v) is 6.09. The van der Waals surface area contributed by atoms with Crippen molar-refractivity contribution in [2.45, 2.75) is 30.4 Å². The van der Waals surface area contributed by atoms with E-state index in [4.69, 9.17) is 10.2 Å². The molecule has 0 spiro atoms. The van der Waals surface area contributed by atoms with Crippen LogP contribution in [0.3, 0.4) is 0 Å². The molecule has 0 atom stereocenters. The number of aromatic nitrogens is 3. The van der Waals surface area contributed by atoms with Gasteiger partial charge in [0.15, 0.2) is 5.13 Å². The number of anilines is 1. The summed E-state index contributed by atoms with van der Waals surface area (Å²) in [7, 11) is 0. The highest BCUT2D eigenvalue weighted by atomic mass is 32.2. The summed E-state index contributed by atoms with van der Waals surface area (Å²) in [4.78, 5) is 27.3. The molecule has 146 valence electrons. The van der Waals surface area contributed by atoms with Gasteiger partial charge < -0.3 is 15.5 Å². The van der Waals surface area contributed by atoms with E-state index in [1.807, 2.05) is 37.3 Å². The van der Waals surface area contributed by atoms with E-state index in [2.05, 4.69) is 20.5 Å². The van der Waals surface area contributed by atoms with Crippen LogP contribution in [0.5, 0.6) is 0 Å². The molecule has 0 aliphatic rings. The summed E-state index contributed by atoms with van der Waals surface area (Å²) in [5, 5.41) is 11.4. The van der Waals surface area contributed by atoms with Crippen molar-refractivity contribution in [3.8, 4) is 11.5 Å². The molecule has 0 bridgehead atoms. The molecule has 0 unspecified atom stereocenters. The van der Waals surface area contributed by atoms with Crippen LogP contribution in [-0.4, -0.2) is 32.7 Å². The van der Waals surface area contributed by atoms with Gasteiger partial charge in [-0.3, -0.25) is 9.59 Å².